The summed E-state index contributed by atoms with van der Waals surface area (Å²) in [5.41, 5.74) is 4.38. The Hall–Kier alpha value is -3.81. The fraction of sp³-hybridized carbons (Fsp3) is 0. The van der Waals surface area contributed by atoms with Gasteiger partial charge in [0.25, 0.3) is 0 Å². The number of rotatable bonds is 4. The monoisotopic (exact) mass is 450 g/mol. The van der Waals surface area contributed by atoms with Crippen LogP contribution in [0.2, 0.25) is 0 Å². The van der Waals surface area contributed by atoms with E-state index in [-0.39, 0.29) is 5.78 Å². The van der Waals surface area contributed by atoms with Gasteiger partial charge in [-0.25, -0.2) is 9.97 Å². The van der Waals surface area contributed by atoms with Crippen molar-refractivity contribution in [2.24, 2.45) is 0 Å². The van der Waals surface area contributed by atoms with Crippen LogP contribution in [0.15, 0.2) is 85.2 Å². The van der Waals surface area contributed by atoms with Gasteiger partial charge < -0.3 is 0 Å². The van der Waals surface area contributed by atoms with Crippen LogP contribution in [0.4, 0.5) is 0 Å². The first kappa shape index (κ1) is 18.9. The second-order valence-electron chi connectivity index (χ2n) is 7.16. The van der Waals surface area contributed by atoms with Gasteiger partial charge in [0.05, 0.1) is 31.8 Å². The predicted octanol–water partition coefficient (Wildman–Crippen LogP) is 6.26. The number of benzene rings is 2. The van der Waals surface area contributed by atoms with Crippen LogP contribution >= 0.6 is 22.7 Å². The molecular formula is C25H14N4OS2. The lowest BCUT2D eigenvalue weighted by atomic mass is 10.0. The van der Waals surface area contributed by atoms with E-state index in [4.69, 9.17) is 0 Å². The molecule has 0 spiro atoms. The van der Waals surface area contributed by atoms with Gasteiger partial charge >= 0.3 is 0 Å². The molecule has 7 heteroatoms. The molecule has 6 rings (SSSR count). The topological polar surface area (TPSA) is 68.6 Å². The average Bonchev–Trinajstić information content (AvgIpc) is 3.48. The second kappa shape index (κ2) is 7.71. The van der Waals surface area contributed by atoms with Crippen molar-refractivity contribution in [3.63, 3.8) is 0 Å². The van der Waals surface area contributed by atoms with E-state index in [0.717, 1.165) is 30.4 Å². The van der Waals surface area contributed by atoms with Crippen LogP contribution in [-0.2, 0) is 0 Å². The number of fused-ring (bicyclic) bond motifs is 2. The van der Waals surface area contributed by atoms with E-state index in [9.17, 15) is 4.79 Å². The van der Waals surface area contributed by atoms with E-state index in [1.807, 2.05) is 48.5 Å². The number of para-hydroxylation sites is 2. The van der Waals surface area contributed by atoms with E-state index in [2.05, 4.69) is 19.9 Å². The van der Waals surface area contributed by atoms with E-state index in [1.165, 1.54) is 0 Å². The van der Waals surface area contributed by atoms with Gasteiger partial charge in [0.1, 0.15) is 10.0 Å². The lowest BCUT2D eigenvalue weighted by Gasteiger charge is -2.04. The Morgan fingerprint density at radius 1 is 0.625 bits per heavy atom. The summed E-state index contributed by atoms with van der Waals surface area (Å²) in [4.78, 5) is 31.5. The first-order valence-corrected chi connectivity index (χ1v) is 11.6. The molecule has 0 fully saturated rings. The molecule has 0 saturated heterocycles. The quantitative estimate of drug-likeness (QED) is 0.297. The van der Waals surface area contributed by atoms with Crippen molar-refractivity contribution in [1.29, 1.82) is 0 Å². The smallest absolute Gasteiger partial charge is 0.193 e. The van der Waals surface area contributed by atoms with Gasteiger partial charge in [-0.2, -0.15) is 0 Å². The maximum atomic E-state index is 13.3. The first-order valence-electron chi connectivity index (χ1n) is 9.93. The van der Waals surface area contributed by atoms with Gasteiger partial charge in [-0.15, -0.1) is 22.7 Å². The molecule has 0 radical (unpaired) electrons. The number of carbonyl (C=O) groups is 1. The molecule has 0 amide bonds. The molecule has 0 atom stereocenters. The summed E-state index contributed by atoms with van der Waals surface area (Å²) in [5.74, 6) is -0.0838. The minimum absolute atomic E-state index is 0.0838. The minimum Gasteiger partial charge on any atom is -0.289 e. The van der Waals surface area contributed by atoms with E-state index >= 15 is 0 Å². The highest BCUT2D eigenvalue weighted by atomic mass is 32.1. The van der Waals surface area contributed by atoms with Gasteiger partial charge in [0, 0.05) is 23.5 Å². The Bertz CT molecular complexity index is 1430. The van der Waals surface area contributed by atoms with Gasteiger partial charge in [0.15, 0.2) is 5.78 Å². The van der Waals surface area contributed by atoms with E-state index < -0.39 is 0 Å². The molecule has 0 aliphatic rings. The number of hydrogen-bond acceptors (Lipinski definition) is 7. The SMILES string of the molecule is O=C(c1ccnc(-c2nc3ccccc3s2)c1)c1ccnc(-c2nc3ccccc3s2)c1. The molecular weight excluding hydrogens is 436 g/mol. The largest absolute Gasteiger partial charge is 0.289 e. The summed E-state index contributed by atoms with van der Waals surface area (Å²) < 4.78 is 2.19. The molecule has 0 N–H and O–H groups in total. The van der Waals surface area contributed by atoms with Crippen molar-refractivity contribution in [3.05, 3.63) is 96.3 Å². The highest BCUT2D eigenvalue weighted by Crippen LogP contribution is 2.31. The minimum atomic E-state index is -0.0838. The number of aromatic nitrogens is 4. The Balaban J connectivity index is 1.35. The van der Waals surface area contributed by atoms with Crippen molar-refractivity contribution in [1.82, 2.24) is 19.9 Å². The van der Waals surface area contributed by atoms with Crippen molar-refractivity contribution < 1.29 is 4.79 Å². The molecule has 0 unspecified atom stereocenters. The molecule has 2 aromatic carbocycles. The van der Waals surface area contributed by atoms with Crippen molar-refractivity contribution >= 4 is 48.9 Å². The molecule has 6 aromatic rings. The van der Waals surface area contributed by atoms with Crippen LogP contribution in [0.3, 0.4) is 0 Å². The highest BCUT2D eigenvalue weighted by molar-refractivity contribution is 7.22. The Morgan fingerprint density at radius 2 is 1.09 bits per heavy atom. The fourth-order valence-corrected chi connectivity index (χ4v) is 5.37. The summed E-state index contributed by atoms with van der Waals surface area (Å²) in [5, 5.41) is 1.59. The van der Waals surface area contributed by atoms with Crippen molar-refractivity contribution in [3.8, 4) is 21.4 Å². The molecule has 0 saturated carbocycles. The molecule has 0 aliphatic carbocycles. The summed E-state index contributed by atoms with van der Waals surface area (Å²) in [6, 6.07) is 23.0. The van der Waals surface area contributed by atoms with Crippen molar-refractivity contribution in [2.75, 3.05) is 0 Å². The zero-order chi connectivity index (χ0) is 21.5. The lowest BCUT2D eigenvalue weighted by Crippen LogP contribution is -2.03. The fourth-order valence-electron chi connectivity index (χ4n) is 3.51. The van der Waals surface area contributed by atoms with Crippen LogP contribution in [0.5, 0.6) is 0 Å². The average molecular weight is 451 g/mol. The molecule has 0 bridgehead atoms. The highest BCUT2D eigenvalue weighted by Gasteiger charge is 2.15. The summed E-state index contributed by atoms with van der Waals surface area (Å²) in [6.07, 6.45) is 3.31. The number of hydrogen-bond donors (Lipinski definition) is 0. The molecule has 5 nitrogen and oxygen atoms in total. The second-order valence-corrected chi connectivity index (χ2v) is 9.22. The number of thiazole rings is 2. The molecule has 4 heterocycles. The Morgan fingerprint density at radius 3 is 1.56 bits per heavy atom. The van der Waals surface area contributed by atoms with Crippen molar-refractivity contribution in [2.45, 2.75) is 0 Å². The maximum absolute atomic E-state index is 13.3. The van der Waals surface area contributed by atoms with E-state index in [1.54, 1.807) is 59.3 Å². The standard InChI is InChI=1S/C25H14N4OS2/c30-23(15-9-11-26-19(13-15)24-28-17-5-1-3-7-21(17)31-24)16-10-12-27-20(14-16)25-29-18-6-2-4-8-22(18)32-25/h1-14H. The Labute approximate surface area is 191 Å². The maximum Gasteiger partial charge on any atom is 0.193 e. The number of ketones is 1. The predicted molar refractivity (Wildman–Crippen MR) is 129 cm³/mol. The summed E-state index contributed by atoms with van der Waals surface area (Å²) >= 11 is 3.13. The first-order chi connectivity index (χ1) is 15.7. The van der Waals surface area contributed by atoms with Gasteiger partial charge in [-0.3, -0.25) is 14.8 Å². The molecule has 32 heavy (non-hydrogen) atoms. The number of pyridine rings is 2. The Kier molecular flexibility index (Phi) is 4.56. The van der Waals surface area contributed by atoms with Crippen LogP contribution in [0.1, 0.15) is 15.9 Å². The number of carbonyl (C=O) groups excluding carboxylic acids is 1. The zero-order valence-corrected chi connectivity index (χ0v) is 18.2. The molecule has 0 aliphatic heterocycles. The number of nitrogens with zero attached hydrogens (tertiary/aromatic N) is 4. The van der Waals surface area contributed by atoms with Crippen LogP contribution in [0, 0.1) is 0 Å². The van der Waals surface area contributed by atoms with Gasteiger partial charge in [-0.05, 0) is 48.5 Å². The van der Waals surface area contributed by atoms with Crippen LogP contribution in [-0.4, -0.2) is 25.7 Å². The summed E-state index contributed by atoms with van der Waals surface area (Å²) in [6.45, 7) is 0. The third-order valence-corrected chi connectivity index (χ3v) is 7.19. The molecule has 4 aromatic heterocycles. The van der Waals surface area contributed by atoms with Crippen LogP contribution in [0.25, 0.3) is 41.8 Å². The van der Waals surface area contributed by atoms with E-state index in [0.29, 0.717) is 22.5 Å². The van der Waals surface area contributed by atoms with Crippen LogP contribution < -0.4 is 0 Å². The summed E-state index contributed by atoms with van der Waals surface area (Å²) in [7, 11) is 0. The third kappa shape index (κ3) is 3.37. The van der Waals surface area contributed by atoms with Gasteiger partial charge in [-0.1, -0.05) is 24.3 Å². The normalized spacial score (nSPS) is 11.2. The van der Waals surface area contributed by atoms with Gasteiger partial charge in [0.2, 0.25) is 0 Å². The molecule has 152 valence electrons. The third-order valence-electron chi connectivity index (χ3n) is 5.07. The lowest BCUT2D eigenvalue weighted by molar-refractivity contribution is 0.103. The zero-order valence-electron chi connectivity index (χ0n) is 16.6.